The predicted molar refractivity (Wildman–Crippen MR) is 93.3 cm³/mol. The number of hydrogen-bond acceptors (Lipinski definition) is 2. The van der Waals surface area contributed by atoms with Crippen LogP contribution in [0, 0.1) is 5.41 Å². The van der Waals surface area contributed by atoms with Crippen LogP contribution in [0.2, 0.25) is 0 Å². The summed E-state index contributed by atoms with van der Waals surface area (Å²) >= 11 is 0. The van der Waals surface area contributed by atoms with Crippen LogP contribution in [0.3, 0.4) is 0 Å². The zero-order valence-corrected chi connectivity index (χ0v) is 14.5. The van der Waals surface area contributed by atoms with Crippen LogP contribution in [-0.4, -0.2) is 6.47 Å². The minimum Gasteiger partial charge on any atom is -0.436 e. The molecule has 0 fully saturated rings. The summed E-state index contributed by atoms with van der Waals surface area (Å²) in [6, 6.07) is 0. The SMILES string of the molecule is CC1=C(/C=C/C(C)=C/C=C/C(C)=C/OC=O)C(C)(C)CCC1. The molecule has 22 heavy (non-hydrogen) atoms. The van der Waals surface area contributed by atoms with Crippen LogP contribution in [0.4, 0.5) is 0 Å². The van der Waals surface area contributed by atoms with Gasteiger partial charge in [0.1, 0.15) is 0 Å². The Morgan fingerprint density at radius 3 is 2.55 bits per heavy atom. The highest BCUT2D eigenvalue weighted by Crippen LogP contribution is 2.40. The highest BCUT2D eigenvalue weighted by Gasteiger charge is 2.26. The van der Waals surface area contributed by atoms with Gasteiger partial charge >= 0.3 is 0 Å². The van der Waals surface area contributed by atoms with Crippen LogP contribution in [-0.2, 0) is 9.53 Å². The number of ether oxygens (including phenoxy) is 1. The van der Waals surface area contributed by atoms with E-state index in [4.69, 9.17) is 0 Å². The van der Waals surface area contributed by atoms with Gasteiger partial charge in [-0.15, -0.1) is 0 Å². The Balaban J connectivity index is 2.75. The number of carbonyl (C=O) groups is 1. The molecule has 2 nitrogen and oxygen atoms in total. The van der Waals surface area contributed by atoms with Crippen molar-refractivity contribution in [2.75, 3.05) is 0 Å². The molecule has 0 bridgehead atoms. The van der Waals surface area contributed by atoms with E-state index in [2.05, 4.69) is 50.7 Å². The fourth-order valence-electron chi connectivity index (χ4n) is 2.81. The Labute approximate surface area is 134 Å². The molecule has 0 radical (unpaired) electrons. The number of hydrogen-bond donors (Lipinski definition) is 0. The molecule has 2 heteroatoms. The average Bonchev–Trinajstić information content (AvgIpc) is 2.43. The number of allylic oxidation sites excluding steroid dienone is 9. The Kier molecular flexibility index (Phi) is 7.10. The molecule has 0 amide bonds. The lowest BCUT2D eigenvalue weighted by Gasteiger charge is -2.32. The molecule has 0 spiro atoms. The van der Waals surface area contributed by atoms with Crippen molar-refractivity contribution in [1.29, 1.82) is 0 Å². The molecule has 0 aliphatic heterocycles. The first-order valence-electron chi connectivity index (χ1n) is 7.86. The first-order valence-corrected chi connectivity index (χ1v) is 7.86. The minimum atomic E-state index is 0.278. The van der Waals surface area contributed by atoms with E-state index >= 15 is 0 Å². The summed E-state index contributed by atoms with van der Waals surface area (Å²) in [5, 5.41) is 0. The largest absolute Gasteiger partial charge is 0.436 e. The molecular formula is C20H28O2. The molecule has 120 valence electrons. The smallest absolute Gasteiger partial charge is 0.297 e. The van der Waals surface area contributed by atoms with Crippen LogP contribution in [0.1, 0.15) is 53.9 Å². The molecule has 1 aliphatic carbocycles. The van der Waals surface area contributed by atoms with Gasteiger partial charge in [0, 0.05) is 0 Å². The highest BCUT2D eigenvalue weighted by atomic mass is 16.5. The molecule has 0 saturated heterocycles. The molecular weight excluding hydrogens is 272 g/mol. The zero-order chi connectivity index (χ0) is 16.6. The lowest BCUT2D eigenvalue weighted by atomic mass is 9.72. The number of rotatable bonds is 6. The second-order valence-corrected chi connectivity index (χ2v) is 6.63. The molecule has 0 saturated carbocycles. The average molecular weight is 300 g/mol. The van der Waals surface area contributed by atoms with Gasteiger partial charge in [-0.1, -0.05) is 55.4 Å². The van der Waals surface area contributed by atoms with E-state index in [9.17, 15) is 4.79 Å². The van der Waals surface area contributed by atoms with Crippen LogP contribution in [0.5, 0.6) is 0 Å². The van der Waals surface area contributed by atoms with Crippen molar-refractivity contribution in [3.8, 4) is 0 Å². The summed E-state index contributed by atoms with van der Waals surface area (Å²) in [6.45, 7) is 11.3. The van der Waals surface area contributed by atoms with Gasteiger partial charge in [0.05, 0.1) is 6.26 Å². The first-order chi connectivity index (χ1) is 10.4. The van der Waals surface area contributed by atoms with E-state index in [-0.39, 0.29) is 5.41 Å². The Morgan fingerprint density at radius 2 is 1.91 bits per heavy atom. The molecule has 0 aromatic rings. The maximum Gasteiger partial charge on any atom is 0.297 e. The third-order valence-corrected chi connectivity index (χ3v) is 4.08. The summed E-state index contributed by atoms with van der Waals surface area (Å²) in [5.74, 6) is 0. The van der Waals surface area contributed by atoms with Crippen molar-refractivity contribution in [1.82, 2.24) is 0 Å². The van der Waals surface area contributed by atoms with Gasteiger partial charge in [-0.25, -0.2) is 0 Å². The van der Waals surface area contributed by atoms with E-state index in [1.54, 1.807) is 0 Å². The molecule has 1 aliphatic rings. The maximum atomic E-state index is 10.1. The lowest BCUT2D eigenvalue weighted by molar-refractivity contribution is -0.123. The normalized spacial score (nSPS) is 20.0. The molecule has 0 unspecified atom stereocenters. The molecule has 0 atom stereocenters. The number of carbonyl (C=O) groups excluding carboxylic acids is 1. The summed E-state index contributed by atoms with van der Waals surface area (Å²) in [7, 11) is 0. The fourth-order valence-corrected chi connectivity index (χ4v) is 2.81. The van der Waals surface area contributed by atoms with E-state index in [1.165, 1.54) is 42.2 Å². The summed E-state index contributed by atoms with van der Waals surface area (Å²) in [5.41, 5.74) is 5.36. The van der Waals surface area contributed by atoms with Crippen molar-refractivity contribution >= 4 is 6.47 Å². The quantitative estimate of drug-likeness (QED) is 0.360. The molecule has 0 N–H and O–H groups in total. The van der Waals surface area contributed by atoms with Gasteiger partial charge in [0.2, 0.25) is 0 Å². The van der Waals surface area contributed by atoms with Crippen LogP contribution >= 0.6 is 0 Å². The van der Waals surface area contributed by atoms with Crippen molar-refractivity contribution in [2.24, 2.45) is 5.41 Å². The fraction of sp³-hybridized carbons (Fsp3) is 0.450. The van der Waals surface area contributed by atoms with Crippen LogP contribution in [0.15, 0.2) is 58.9 Å². The Morgan fingerprint density at radius 1 is 1.18 bits per heavy atom. The second-order valence-electron chi connectivity index (χ2n) is 6.63. The summed E-state index contributed by atoms with van der Waals surface area (Å²) in [6.07, 6.45) is 15.6. The topological polar surface area (TPSA) is 26.3 Å². The lowest BCUT2D eigenvalue weighted by Crippen LogP contribution is -2.19. The standard InChI is InChI=1S/C20H28O2/c1-16(8-6-9-17(2)14-22-15-21)11-12-19-18(3)10-7-13-20(19,4)5/h6,8-9,11-12,14-15H,7,10,13H2,1-5H3/b9-6+,12-11+,16-8+,17-14+. The zero-order valence-electron chi connectivity index (χ0n) is 14.5. The third kappa shape index (κ3) is 5.88. The maximum absolute atomic E-state index is 10.1. The highest BCUT2D eigenvalue weighted by molar-refractivity contribution is 5.39. The molecule has 1 rings (SSSR count). The van der Waals surface area contributed by atoms with Gasteiger partial charge in [0.15, 0.2) is 0 Å². The van der Waals surface area contributed by atoms with Crippen molar-refractivity contribution < 1.29 is 9.53 Å². The van der Waals surface area contributed by atoms with Crippen molar-refractivity contribution in [3.63, 3.8) is 0 Å². The first kappa shape index (κ1) is 18.2. The molecule has 0 aromatic heterocycles. The van der Waals surface area contributed by atoms with E-state index < -0.39 is 0 Å². The van der Waals surface area contributed by atoms with Crippen LogP contribution < -0.4 is 0 Å². The third-order valence-electron chi connectivity index (χ3n) is 4.08. The van der Waals surface area contributed by atoms with Crippen molar-refractivity contribution in [2.45, 2.75) is 53.9 Å². The van der Waals surface area contributed by atoms with E-state index in [0.717, 1.165) is 5.57 Å². The predicted octanol–water partition coefficient (Wildman–Crippen LogP) is 5.65. The van der Waals surface area contributed by atoms with Gasteiger partial charge in [-0.05, 0) is 56.6 Å². The molecule has 0 heterocycles. The summed E-state index contributed by atoms with van der Waals surface area (Å²) in [4.78, 5) is 10.1. The van der Waals surface area contributed by atoms with Gasteiger partial charge in [-0.2, -0.15) is 0 Å². The second kappa shape index (κ2) is 8.57. The van der Waals surface area contributed by atoms with E-state index in [0.29, 0.717) is 6.47 Å². The van der Waals surface area contributed by atoms with Gasteiger partial charge in [0.25, 0.3) is 6.47 Å². The summed E-state index contributed by atoms with van der Waals surface area (Å²) < 4.78 is 4.58. The Bertz CT molecular complexity index is 540. The Hall–Kier alpha value is -1.83. The molecule has 0 aromatic carbocycles. The van der Waals surface area contributed by atoms with Crippen LogP contribution in [0.25, 0.3) is 0 Å². The van der Waals surface area contributed by atoms with E-state index in [1.807, 2.05) is 19.1 Å². The van der Waals surface area contributed by atoms with Gasteiger partial charge in [-0.3, -0.25) is 4.79 Å². The monoisotopic (exact) mass is 300 g/mol. The minimum absolute atomic E-state index is 0.278. The van der Waals surface area contributed by atoms with Crippen molar-refractivity contribution in [3.05, 3.63) is 58.9 Å². The van der Waals surface area contributed by atoms with Gasteiger partial charge < -0.3 is 4.74 Å².